The molecule has 1 aliphatic carbocycles. The SMILES string of the molecule is CN1CCC(CCCNc2ncc(F)c(-c3cc4c(C(=O)NC5CC5)cccc4s3)n2)CC1. The summed E-state index contributed by atoms with van der Waals surface area (Å²) in [6.07, 6.45) is 8.07. The second-order valence-electron chi connectivity index (χ2n) is 9.28. The van der Waals surface area contributed by atoms with Crippen LogP contribution in [0.3, 0.4) is 0 Å². The molecule has 174 valence electrons. The fourth-order valence-electron chi connectivity index (χ4n) is 4.43. The van der Waals surface area contributed by atoms with Gasteiger partial charge in [0.15, 0.2) is 5.82 Å². The highest BCUT2D eigenvalue weighted by atomic mass is 32.1. The molecule has 6 nitrogen and oxygen atoms in total. The van der Waals surface area contributed by atoms with E-state index in [0.717, 1.165) is 41.8 Å². The Morgan fingerprint density at radius 2 is 2.06 bits per heavy atom. The van der Waals surface area contributed by atoms with Crippen molar-refractivity contribution in [1.82, 2.24) is 20.2 Å². The number of likely N-dealkylation sites (tertiary alicyclic amines) is 1. The number of carbonyl (C=O) groups is 1. The fraction of sp³-hybridized carbons (Fsp3) is 0.480. The first-order valence-electron chi connectivity index (χ1n) is 11.9. The number of carbonyl (C=O) groups excluding carboxylic acids is 1. The van der Waals surface area contributed by atoms with Crippen LogP contribution in [0.5, 0.6) is 0 Å². The van der Waals surface area contributed by atoms with Crippen LogP contribution in [0.4, 0.5) is 10.3 Å². The summed E-state index contributed by atoms with van der Waals surface area (Å²) in [4.78, 5) is 24.3. The molecular formula is C25H30FN5OS. The zero-order valence-electron chi connectivity index (χ0n) is 18.9. The molecule has 0 bridgehead atoms. The lowest BCUT2D eigenvalue weighted by atomic mass is 9.92. The van der Waals surface area contributed by atoms with E-state index < -0.39 is 5.82 Å². The van der Waals surface area contributed by atoms with Crippen molar-refractivity contribution in [2.24, 2.45) is 5.92 Å². The van der Waals surface area contributed by atoms with Gasteiger partial charge in [0, 0.05) is 28.2 Å². The van der Waals surface area contributed by atoms with Crippen LogP contribution >= 0.6 is 11.3 Å². The van der Waals surface area contributed by atoms with Crippen molar-refractivity contribution in [2.75, 3.05) is 32.0 Å². The number of hydrogen-bond acceptors (Lipinski definition) is 6. The summed E-state index contributed by atoms with van der Waals surface area (Å²) in [6.45, 7) is 3.14. The first-order valence-corrected chi connectivity index (χ1v) is 12.7. The van der Waals surface area contributed by atoms with Crippen LogP contribution in [0.1, 0.15) is 48.9 Å². The second kappa shape index (κ2) is 9.73. The van der Waals surface area contributed by atoms with E-state index >= 15 is 0 Å². The summed E-state index contributed by atoms with van der Waals surface area (Å²) in [6, 6.07) is 7.82. The van der Waals surface area contributed by atoms with Crippen LogP contribution in [0, 0.1) is 11.7 Å². The second-order valence-corrected chi connectivity index (χ2v) is 10.4. The molecule has 1 saturated carbocycles. The van der Waals surface area contributed by atoms with Crippen LogP contribution in [-0.4, -0.2) is 53.5 Å². The number of aromatic nitrogens is 2. The summed E-state index contributed by atoms with van der Waals surface area (Å²) in [5.41, 5.74) is 0.904. The highest BCUT2D eigenvalue weighted by Crippen LogP contribution is 2.36. The van der Waals surface area contributed by atoms with Crippen molar-refractivity contribution in [2.45, 2.75) is 44.6 Å². The van der Waals surface area contributed by atoms with Crippen LogP contribution in [0.2, 0.25) is 0 Å². The Bertz CT molecular complexity index is 1140. The topological polar surface area (TPSA) is 70.2 Å². The molecule has 2 fully saturated rings. The lowest BCUT2D eigenvalue weighted by Crippen LogP contribution is -2.30. The van der Waals surface area contributed by atoms with Gasteiger partial charge in [0.05, 0.1) is 11.1 Å². The van der Waals surface area contributed by atoms with Gasteiger partial charge in [0.25, 0.3) is 5.91 Å². The van der Waals surface area contributed by atoms with Crippen molar-refractivity contribution in [3.63, 3.8) is 0 Å². The number of nitrogens with zero attached hydrogens (tertiary/aromatic N) is 3. The Labute approximate surface area is 197 Å². The molecule has 0 atom stereocenters. The van der Waals surface area contributed by atoms with Crippen LogP contribution < -0.4 is 10.6 Å². The van der Waals surface area contributed by atoms with Crippen molar-refractivity contribution in [3.8, 4) is 10.6 Å². The number of anilines is 1. The van der Waals surface area contributed by atoms with Gasteiger partial charge < -0.3 is 15.5 Å². The minimum absolute atomic E-state index is 0.0671. The average molecular weight is 468 g/mol. The van der Waals surface area contributed by atoms with Crippen molar-refractivity contribution in [3.05, 3.63) is 41.8 Å². The summed E-state index contributed by atoms with van der Waals surface area (Å²) in [7, 11) is 2.18. The highest BCUT2D eigenvalue weighted by Gasteiger charge is 2.25. The normalized spacial score (nSPS) is 17.4. The molecule has 1 saturated heterocycles. The minimum Gasteiger partial charge on any atom is -0.354 e. The Balaban J connectivity index is 1.27. The van der Waals surface area contributed by atoms with Crippen molar-refractivity contribution >= 4 is 33.3 Å². The van der Waals surface area contributed by atoms with Crippen molar-refractivity contribution < 1.29 is 9.18 Å². The van der Waals surface area contributed by atoms with Crippen LogP contribution in [0.25, 0.3) is 20.7 Å². The van der Waals surface area contributed by atoms with E-state index in [9.17, 15) is 9.18 Å². The van der Waals surface area contributed by atoms with Gasteiger partial charge in [-0.05, 0) is 82.8 Å². The molecule has 2 aromatic heterocycles. The smallest absolute Gasteiger partial charge is 0.252 e. The third-order valence-electron chi connectivity index (χ3n) is 6.61. The molecule has 3 aromatic rings. The fourth-order valence-corrected chi connectivity index (χ4v) is 5.51. The largest absolute Gasteiger partial charge is 0.354 e. The molecule has 1 aromatic carbocycles. The maximum atomic E-state index is 14.7. The highest BCUT2D eigenvalue weighted by molar-refractivity contribution is 7.22. The van der Waals surface area contributed by atoms with Gasteiger partial charge in [-0.15, -0.1) is 11.3 Å². The van der Waals surface area contributed by atoms with Crippen LogP contribution in [-0.2, 0) is 0 Å². The van der Waals surface area contributed by atoms with Gasteiger partial charge >= 0.3 is 0 Å². The average Bonchev–Trinajstić information content (AvgIpc) is 3.52. The number of hydrogen-bond donors (Lipinski definition) is 2. The van der Waals surface area contributed by atoms with E-state index in [1.807, 2.05) is 24.3 Å². The third kappa shape index (κ3) is 5.33. The molecule has 0 spiro atoms. The lowest BCUT2D eigenvalue weighted by molar-refractivity contribution is 0.0953. The maximum Gasteiger partial charge on any atom is 0.252 e. The van der Waals surface area contributed by atoms with E-state index in [-0.39, 0.29) is 11.6 Å². The minimum atomic E-state index is -0.456. The number of halogens is 1. The van der Waals surface area contributed by atoms with Gasteiger partial charge in [0.2, 0.25) is 5.95 Å². The molecule has 1 amide bonds. The number of nitrogens with one attached hydrogen (secondary N) is 2. The molecule has 33 heavy (non-hydrogen) atoms. The number of fused-ring (bicyclic) bond motifs is 1. The maximum absolute atomic E-state index is 14.7. The predicted molar refractivity (Wildman–Crippen MR) is 131 cm³/mol. The predicted octanol–water partition coefficient (Wildman–Crippen LogP) is 4.92. The molecular weight excluding hydrogens is 437 g/mol. The molecule has 0 unspecified atom stereocenters. The van der Waals surface area contributed by atoms with E-state index in [1.165, 1.54) is 49.9 Å². The summed E-state index contributed by atoms with van der Waals surface area (Å²) >= 11 is 1.44. The van der Waals surface area contributed by atoms with Crippen molar-refractivity contribution in [1.29, 1.82) is 0 Å². The van der Waals surface area contributed by atoms with Crippen LogP contribution in [0.15, 0.2) is 30.5 Å². The first kappa shape index (κ1) is 22.2. The quantitative estimate of drug-likeness (QED) is 0.460. The number of thiophene rings is 1. The third-order valence-corrected chi connectivity index (χ3v) is 7.71. The Morgan fingerprint density at radius 3 is 2.85 bits per heavy atom. The monoisotopic (exact) mass is 467 g/mol. The molecule has 2 aliphatic rings. The molecule has 2 N–H and O–H groups in total. The lowest BCUT2D eigenvalue weighted by Gasteiger charge is -2.28. The van der Waals surface area contributed by atoms with E-state index in [1.54, 1.807) is 0 Å². The Hall–Kier alpha value is -2.58. The molecule has 3 heterocycles. The molecule has 5 rings (SSSR count). The zero-order valence-corrected chi connectivity index (χ0v) is 19.8. The van der Waals surface area contributed by atoms with Gasteiger partial charge in [0.1, 0.15) is 5.69 Å². The molecule has 1 aliphatic heterocycles. The van der Waals surface area contributed by atoms with Gasteiger partial charge in [-0.2, -0.15) is 0 Å². The first-order chi connectivity index (χ1) is 16.1. The summed E-state index contributed by atoms with van der Waals surface area (Å²) in [5.74, 6) is 0.710. The van der Waals surface area contributed by atoms with E-state index in [0.29, 0.717) is 22.4 Å². The number of piperidine rings is 1. The Kier molecular flexibility index (Phi) is 6.55. The number of amides is 1. The molecule has 0 radical (unpaired) electrons. The zero-order chi connectivity index (χ0) is 22.8. The van der Waals surface area contributed by atoms with Gasteiger partial charge in [-0.3, -0.25) is 4.79 Å². The van der Waals surface area contributed by atoms with Gasteiger partial charge in [-0.1, -0.05) is 6.07 Å². The Morgan fingerprint density at radius 1 is 1.24 bits per heavy atom. The molecule has 8 heteroatoms. The van der Waals surface area contributed by atoms with E-state index in [2.05, 4.69) is 32.5 Å². The standard InChI is InChI=1S/C25H30FN5OS/c1-31-12-9-16(10-13-31)4-3-11-27-25-28-15-20(26)23(30-25)22-14-19-18(5-2-6-21(19)33-22)24(32)29-17-7-8-17/h2,5-6,14-17H,3-4,7-13H2,1H3,(H,29,32)(H,27,28,30). The van der Waals surface area contributed by atoms with Gasteiger partial charge in [-0.25, -0.2) is 14.4 Å². The summed E-state index contributed by atoms with van der Waals surface area (Å²) in [5, 5.41) is 7.14. The van der Waals surface area contributed by atoms with E-state index in [4.69, 9.17) is 0 Å². The number of rotatable bonds is 8. The summed E-state index contributed by atoms with van der Waals surface area (Å²) < 4.78 is 15.6. The number of benzene rings is 1.